The lowest BCUT2D eigenvalue weighted by atomic mass is 10.0. The van der Waals surface area contributed by atoms with Gasteiger partial charge in [-0.05, 0) is 116 Å². The quantitative estimate of drug-likeness (QED) is 0.158. The van der Waals surface area contributed by atoms with Gasteiger partial charge < -0.3 is 9.80 Å². The number of nitrogens with zero attached hydrogens (tertiary/aromatic N) is 2. The molecule has 9 aromatic rings. The van der Waals surface area contributed by atoms with E-state index in [0.717, 1.165) is 22.7 Å². The van der Waals surface area contributed by atoms with Gasteiger partial charge in [-0.2, -0.15) is 0 Å². The Balaban J connectivity index is 1.03. The molecule has 0 radical (unpaired) electrons. The maximum absolute atomic E-state index is 2.38. The molecule has 0 saturated carbocycles. The summed E-state index contributed by atoms with van der Waals surface area (Å²) in [5, 5.41) is 7.48. The fraction of sp³-hybridized carbons (Fsp3) is 0.0204. The van der Waals surface area contributed by atoms with Crippen LogP contribution in [-0.2, 0) is 0 Å². The van der Waals surface area contributed by atoms with Gasteiger partial charge in [0.05, 0.1) is 5.69 Å². The van der Waals surface area contributed by atoms with E-state index in [1.54, 1.807) is 0 Å². The predicted molar refractivity (Wildman–Crippen MR) is 219 cm³/mol. The zero-order chi connectivity index (χ0) is 34.1. The average Bonchev–Trinajstić information content (AvgIpc) is 3.20. The van der Waals surface area contributed by atoms with E-state index >= 15 is 0 Å². The molecule has 0 heterocycles. The fourth-order valence-electron chi connectivity index (χ4n) is 7.25. The summed E-state index contributed by atoms with van der Waals surface area (Å²) in [6.07, 6.45) is 0. The van der Waals surface area contributed by atoms with E-state index < -0.39 is 0 Å². The summed E-state index contributed by atoms with van der Waals surface area (Å²) in [6.45, 7) is 0. The third kappa shape index (κ3) is 5.88. The highest BCUT2D eigenvalue weighted by Gasteiger charge is 2.16. The number of hydrogen-bond acceptors (Lipinski definition) is 2. The van der Waals surface area contributed by atoms with Crippen molar-refractivity contribution >= 4 is 60.8 Å². The maximum atomic E-state index is 2.38. The second-order valence-electron chi connectivity index (χ2n) is 13.1. The van der Waals surface area contributed by atoms with Crippen LogP contribution >= 0.6 is 0 Å². The molecule has 51 heavy (non-hydrogen) atoms. The van der Waals surface area contributed by atoms with Crippen LogP contribution in [-0.4, -0.2) is 7.05 Å². The van der Waals surface area contributed by atoms with Crippen LogP contribution in [0.4, 0.5) is 28.4 Å². The summed E-state index contributed by atoms with van der Waals surface area (Å²) in [4.78, 5) is 4.64. The molecule has 242 valence electrons. The molecule has 9 aromatic carbocycles. The molecule has 0 aromatic heterocycles. The van der Waals surface area contributed by atoms with Crippen LogP contribution in [0, 0.1) is 0 Å². The standard InChI is InChI=1S/C49H36N2/c1-50(46-30-25-42-31-39-14-5-6-15-40(39)32-43(42)34-46)44-26-21-36(22-27-44)37-23-28-45(29-24-37)51(49-20-10-16-38-13-7-8-19-48(38)49)47-18-9-17-41(33-47)35-11-3-2-4-12-35/h2-34H,1H3. The summed E-state index contributed by atoms with van der Waals surface area (Å²) in [5.41, 5.74) is 10.5. The summed E-state index contributed by atoms with van der Waals surface area (Å²) in [5.74, 6) is 0. The van der Waals surface area contributed by atoms with Crippen LogP contribution in [0.3, 0.4) is 0 Å². The van der Waals surface area contributed by atoms with Crippen LogP contribution in [0.2, 0.25) is 0 Å². The second kappa shape index (κ2) is 13.0. The minimum atomic E-state index is 1.11. The number of rotatable bonds is 7. The minimum Gasteiger partial charge on any atom is -0.345 e. The maximum Gasteiger partial charge on any atom is 0.0540 e. The lowest BCUT2D eigenvalue weighted by Crippen LogP contribution is -2.10. The first-order valence-corrected chi connectivity index (χ1v) is 17.5. The molecule has 0 spiro atoms. The van der Waals surface area contributed by atoms with E-state index in [-0.39, 0.29) is 0 Å². The molecule has 2 nitrogen and oxygen atoms in total. The number of fused-ring (bicyclic) bond motifs is 3. The van der Waals surface area contributed by atoms with Crippen molar-refractivity contribution in [3.8, 4) is 22.3 Å². The van der Waals surface area contributed by atoms with Crippen molar-refractivity contribution in [2.45, 2.75) is 0 Å². The first-order chi connectivity index (χ1) is 25.2. The van der Waals surface area contributed by atoms with Gasteiger partial charge in [0.15, 0.2) is 0 Å². The molecule has 0 atom stereocenters. The number of anilines is 5. The van der Waals surface area contributed by atoms with Gasteiger partial charge in [-0.1, -0.05) is 133 Å². The van der Waals surface area contributed by atoms with Crippen LogP contribution in [0.5, 0.6) is 0 Å². The van der Waals surface area contributed by atoms with Gasteiger partial charge in [0, 0.05) is 35.2 Å². The van der Waals surface area contributed by atoms with E-state index in [2.05, 4.69) is 217 Å². The number of hydrogen-bond donors (Lipinski definition) is 0. The lowest BCUT2D eigenvalue weighted by molar-refractivity contribution is 1.21. The molecule has 0 fully saturated rings. The Morgan fingerprint density at radius 1 is 0.294 bits per heavy atom. The van der Waals surface area contributed by atoms with Gasteiger partial charge in [0.2, 0.25) is 0 Å². The van der Waals surface area contributed by atoms with E-state index in [4.69, 9.17) is 0 Å². The highest BCUT2D eigenvalue weighted by atomic mass is 15.1. The lowest BCUT2D eigenvalue weighted by Gasteiger charge is -2.27. The molecule has 0 N–H and O–H groups in total. The average molecular weight is 653 g/mol. The minimum absolute atomic E-state index is 1.11. The van der Waals surface area contributed by atoms with Gasteiger partial charge in [-0.25, -0.2) is 0 Å². The van der Waals surface area contributed by atoms with E-state index in [9.17, 15) is 0 Å². The first kappa shape index (κ1) is 30.4. The normalized spacial score (nSPS) is 11.2. The van der Waals surface area contributed by atoms with Crippen molar-refractivity contribution in [2.24, 2.45) is 0 Å². The Hall–Kier alpha value is -6.64. The monoisotopic (exact) mass is 652 g/mol. The van der Waals surface area contributed by atoms with Crippen molar-refractivity contribution in [3.05, 3.63) is 200 Å². The fourth-order valence-corrected chi connectivity index (χ4v) is 7.25. The van der Waals surface area contributed by atoms with Gasteiger partial charge in [-0.15, -0.1) is 0 Å². The smallest absolute Gasteiger partial charge is 0.0540 e. The SMILES string of the molecule is CN(c1ccc(-c2ccc(N(c3cccc(-c4ccccc4)c3)c3cccc4ccccc34)cc2)cc1)c1ccc2cc3ccccc3cc2c1. The third-order valence-corrected chi connectivity index (χ3v) is 10.0. The molecule has 0 saturated heterocycles. The van der Waals surface area contributed by atoms with Crippen molar-refractivity contribution in [2.75, 3.05) is 16.8 Å². The molecule has 2 heteroatoms. The van der Waals surface area contributed by atoms with E-state index in [1.807, 2.05) is 0 Å². The van der Waals surface area contributed by atoms with Crippen molar-refractivity contribution < 1.29 is 0 Å². The molecule has 9 rings (SSSR count). The van der Waals surface area contributed by atoms with Gasteiger partial charge in [0.1, 0.15) is 0 Å². The predicted octanol–water partition coefficient (Wildman–Crippen LogP) is 13.7. The van der Waals surface area contributed by atoms with Gasteiger partial charge in [0.25, 0.3) is 0 Å². The number of benzene rings is 9. The van der Waals surface area contributed by atoms with Crippen molar-refractivity contribution in [3.63, 3.8) is 0 Å². The zero-order valence-electron chi connectivity index (χ0n) is 28.4. The molecule has 0 aliphatic carbocycles. The van der Waals surface area contributed by atoms with Gasteiger partial charge in [-0.3, -0.25) is 0 Å². The Bertz CT molecular complexity index is 2640. The Morgan fingerprint density at radius 2 is 0.824 bits per heavy atom. The second-order valence-corrected chi connectivity index (χ2v) is 13.1. The van der Waals surface area contributed by atoms with Crippen molar-refractivity contribution in [1.29, 1.82) is 0 Å². The molecular weight excluding hydrogens is 617 g/mol. The van der Waals surface area contributed by atoms with E-state index in [1.165, 1.54) is 60.3 Å². The van der Waals surface area contributed by atoms with Crippen molar-refractivity contribution in [1.82, 2.24) is 0 Å². The Morgan fingerprint density at radius 3 is 1.57 bits per heavy atom. The summed E-state index contributed by atoms with van der Waals surface area (Å²) in [7, 11) is 2.14. The molecule has 0 bridgehead atoms. The highest BCUT2D eigenvalue weighted by molar-refractivity contribution is 6.00. The topological polar surface area (TPSA) is 6.48 Å². The Kier molecular flexibility index (Phi) is 7.75. The molecule has 0 aliphatic rings. The third-order valence-electron chi connectivity index (χ3n) is 10.0. The van der Waals surface area contributed by atoms with E-state index in [0.29, 0.717) is 0 Å². The van der Waals surface area contributed by atoms with Crippen LogP contribution in [0.15, 0.2) is 200 Å². The highest BCUT2D eigenvalue weighted by Crippen LogP contribution is 2.41. The summed E-state index contributed by atoms with van der Waals surface area (Å²) in [6, 6.07) is 72.3. The molecular formula is C49H36N2. The van der Waals surface area contributed by atoms with Crippen LogP contribution in [0.25, 0.3) is 54.6 Å². The summed E-state index contributed by atoms with van der Waals surface area (Å²) < 4.78 is 0. The molecule has 0 amide bonds. The largest absolute Gasteiger partial charge is 0.345 e. The molecule has 0 unspecified atom stereocenters. The zero-order valence-corrected chi connectivity index (χ0v) is 28.4. The molecule has 0 aliphatic heterocycles. The first-order valence-electron chi connectivity index (χ1n) is 17.5. The van der Waals surface area contributed by atoms with Gasteiger partial charge >= 0.3 is 0 Å². The summed E-state index contributed by atoms with van der Waals surface area (Å²) >= 11 is 0. The Labute approximate surface area is 299 Å². The van der Waals surface area contributed by atoms with Crippen LogP contribution in [0.1, 0.15) is 0 Å². The van der Waals surface area contributed by atoms with Crippen LogP contribution < -0.4 is 9.80 Å².